The molecule has 5 rings (SSSR count). The lowest BCUT2D eigenvalue weighted by Crippen LogP contribution is -2.79. The Morgan fingerprint density at radius 1 is 1.06 bits per heavy atom. The molecular formula is C24H39N5O3. The van der Waals surface area contributed by atoms with Crippen molar-refractivity contribution in [2.24, 2.45) is 35.1 Å². The molecule has 2 bridgehead atoms. The molecule has 0 aliphatic heterocycles. The van der Waals surface area contributed by atoms with E-state index in [9.17, 15) is 15.0 Å². The molecule has 0 radical (unpaired) electrons. The molecule has 1 aromatic heterocycles. The molecule has 1 aromatic rings. The van der Waals surface area contributed by atoms with Gasteiger partial charge in [-0.1, -0.05) is 5.21 Å². The van der Waals surface area contributed by atoms with Gasteiger partial charge < -0.3 is 21.7 Å². The van der Waals surface area contributed by atoms with Crippen LogP contribution >= 0.6 is 0 Å². The predicted octanol–water partition coefficient (Wildman–Crippen LogP) is 1.71. The zero-order valence-electron chi connectivity index (χ0n) is 19.4. The highest BCUT2D eigenvalue weighted by atomic mass is 16.3. The molecule has 32 heavy (non-hydrogen) atoms. The van der Waals surface area contributed by atoms with Crippen molar-refractivity contribution < 1.29 is 15.0 Å². The minimum atomic E-state index is -1.13. The number of aliphatic hydroxyl groups is 2. The molecule has 4 saturated carbocycles. The molecule has 4 aliphatic carbocycles. The molecule has 1 heterocycles. The quantitative estimate of drug-likeness (QED) is 0.555. The van der Waals surface area contributed by atoms with Crippen LogP contribution in [0.2, 0.25) is 0 Å². The third kappa shape index (κ3) is 3.13. The van der Waals surface area contributed by atoms with Crippen molar-refractivity contribution >= 4 is 5.78 Å². The first-order valence-corrected chi connectivity index (χ1v) is 12.4. The van der Waals surface area contributed by atoms with Crippen molar-refractivity contribution in [2.45, 2.75) is 106 Å². The molecule has 0 saturated heterocycles. The van der Waals surface area contributed by atoms with E-state index in [0.29, 0.717) is 44.4 Å². The van der Waals surface area contributed by atoms with Crippen molar-refractivity contribution in [1.82, 2.24) is 15.0 Å². The molecule has 6 N–H and O–H groups in total. The average Bonchev–Trinajstić information content (AvgIpc) is 3.26. The molecule has 0 amide bonds. The van der Waals surface area contributed by atoms with Crippen LogP contribution in [-0.4, -0.2) is 53.3 Å². The van der Waals surface area contributed by atoms with Crippen LogP contribution in [0.15, 0.2) is 12.4 Å². The zero-order valence-corrected chi connectivity index (χ0v) is 19.4. The topological polar surface area (TPSA) is 140 Å². The first kappa shape index (κ1) is 22.4. The second-order valence-electron chi connectivity index (χ2n) is 11.8. The lowest BCUT2D eigenvalue weighted by atomic mass is 9.48. The van der Waals surface area contributed by atoms with Crippen LogP contribution in [0.25, 0.3) is 0 Å². The van der Waals surface area contributed by atoms with Gasteiger partial charge in [0.2, 0.25) is 0 Å². The van der Waals surface area contributed by atoms with Crippen LogP contribution in [-0.2, 0) is 4.79 Å². The number of hydrogen-bond acceptors (Lipinski definition) is 7. The summed E-state index contributed by atoms with van der Waals surface area (Å²) in [5.41, 5.74) is 11.0. The summed E-state index contributed by atoms with van der Waals surface area (Å²) in [7, 11) is 0. The monoisotopic (exact) mass is 445 g/mol. The number of nitrogens with two attached hydrogens (primary N) is 2. The second kappa shape index (κ2) is 7.32. The van der Waals surface area contributed by atoms with Gasteiger partial charge in [0.25, 0.3) is 0 Å². The molecule has 0 spiro atoms. The SMILES string of the molecule is C[C@H](C(=O)[C@H]1CC[C@]2(N)C[C@H]1CC[C@]1(N)[C@H]3CC[C@@](C)(O)C[C@@H]3CC[C@@]21O)n1ccnn1. The van der Waals surface area contributed by atoms with Crippen molar-refractivity contribution in [3.05, 3.63) is 12.4 Å². The van der Waals surface area contributed by atoms with Crippen LogP contribution in [0.3, 0.4) is 0 Å². The fraction of sp³-hybridized carbons (Fsp3) is 0.875. The molecule has 178 valence electrons. The molecule has 4 aliphatic rings. The maximum Gasteiger partial charge on any atom is 0.160 e. The second-order valence-corrected chi connectivity index (χ2v) is 11.8. The highest BCUT2D eigenvalue weighted by Crippen LogP contribution is 2.60. The average molecular weight is 446 g/mol. The molecular weight excluding hydrogens is 406 g/mol. The summed E-state index contributed by atoms with van der Waals surface area (Å²) in [4.78, 5) is 13.4. The van der Waals surface area contributed by atoms with Gasteiger partial charge in [0.1, 0.15) is 11.6 Å². The highest BCUT2D eigenvalue weighted by Gasteiger charge is 2.68. The lowest BCUT2D eigenvalue weighted by molar-refractivity contribution is -0.180. The summed E-state index contributed by atoms with van der Waals surface area (Å²) in [5.74, 6) is 0.672. The Hall–Kier alpha value is -1.35. The smallest absolute Gasteiger partial charge is 0.160 e. The Bertz CT molecular complexity index is 875. The van der Waals surface area contributed by atoms with E-state index in [-0.39, 0.29) is 29.6 Å². The van der Waals surface area contributed by atoms with Crippen molar-refractivity contribution in [3.8, 4) is 0 Å². The van der Waals surface area contributed by atoms with Gasteiger partial charge in [-0.2, -0.15) is 0 Å². The molecule has 0 unspecified atom stereocenters. The number of fused-ring (bicyclic) bond motifs is 6. The Morgan fingerprint density at radius 2 is 1.81 bits per heavy atom. The van der Waals surface area contributed by atoms with E-state index in [1.54, 1.807) is 17.1 Å². The minimum absolute atomic E-state index is 0.0962. The summed E-state index contributed by atoms with van der Waals surface area (Å²) in [5, 5.41) is 30.8. The third-order valence-electron chi connectivity index (χ3n) is 10.0. The number of ketones is 1. The van der Waals surface area contributed by atoms with E-state index < -0.39 is 22.3 Å². The molecule has 4 fully saturated rings. The summed E-state index contributed by atoms with van der Waals surface area (Å²) in [6.07, 6.45) is 10.4. The Labute approximate surface area is 190 Å². The standard InChI is InChI=1S/C24H39N5O3/c1-15(29-12-11-27-28-29)20(30)18-5-8-22(25)14-16(18)3-9-23(26)19-6-7-21(2,31)13-17(19)4-10-24(22,23)32/h11-12,15-19,31-32H,3-10,13-14,25-26H2,1-2H3/t15-,16-,17+,18+,19+,21-,22+,23+,24-/m1/s1. The van der Waals surface area contributed by atoms with Crippen LogP contribution in [0.5, 0.6) is 0 Å². The van der Waals surface area contributed by atoms with Crippen LogP contribution in [0, 0.1) is 23.7 Å². The lowest BCUT2D eigenvalue weighted by Gasteiger charge is -2.63. The van der Waals surface area contributed by atoms with Gasteiger partial charge in [-0.3, -0.25) is 4.79 Å². The van der Waals surface area contributed by atoms with Gasteiger partial charge >= 0.3 is 0 Å². The highest BCUT2D eigenvalue weighted by molar-refractivity contribution is 5.85. The predicted molar refractivity (Wildman–Crippen MR) is 119 cm³/mol. The number of carbonyl (C=O) groups is 1. The molecule has 0 aromatic carbocycles. The van der Waals surface area contributed by atoms with Gasteiger partial charge in [-0.25, -0.2) is 4.68 Å². The summed E-state index contributed by atoms with van der Waals surface area (Å²) >= 11 is 0. The van der Waals surface area contributed by atoms with Crippen LogP contribution in [0.4, 0.5) is 0 Å². The van der Waals surface area contributed by atoms with E-state index in [1.807, 2.05) is 13.8 Å². The zero-order chi connectivity index (χ0) is 22.9. The van der Waals surface area contributed by atoms with E-state index >= 15 is 0 Å². The number of carbonyl (C=O) groups excluding carboxylic acids is 1. The van der Waals surface area contributed by atoms with Gasteiger partial charge in [0, 0.05) is 23.2 Å². The molecule has 9 atom stereocenters. The number of aromatic nitrogens is 3. The van der Waals surface area contributed by atoms with Gasteiger partial charge in [-0.15, -0.1) is 5.10 Å². The maximum absolute atomic E-state index is 13.4. The molecule has 8 nitrogen and oxygen atoms in total. The maximum atomic E-state index is 13.4. The number of rotatable bonds is 3. The van der Waals surface area contributed by atoms with Crippen LogP contribution < -0.4 is 11.5 Å². The summed E-state index contributed by atoms with van der Waals surface area (Å²) in [6.45, 7) is 3.80. The van der Waals surface area contributed by atoms with E-state index in [4.69, 9.17) is 11.5 Å². The normalized spacial score (nSPS) is 49.4. The Morgan fingerprint density at radius 3 is 2.53 bits per heavy atom. The first-order chi connectivity index (χ1) is 15.0. The molecule has 8 heteroatoms. The first-order valence-electron chi connectivity index (χ1n) is 12.4. The van der Waals surface area contributed by atoms with Crippen molar-refractivity contribution in [1.29, 1.82) is 0 Å². The number of Topliss-reactive ketones (excluding diaryl/α,β-unsaturated/α-hetero) is 1. The fourth-order valence-corrected chi connectivity index (χ4v) is 8.23. The van der Waals surface area contributed by atoms with Crippen molar-refractivity contribution in [2.75, 3.05) is 0 Å². The van der Waals surface area contributed by atoms with Gasteiger partial charge in [0.15, 0.2) is 5.78 Å². The Kier molecular flexibility index (Phi) is 5.14. The van der Waals surface area contributed by atoms with Gasteiger partial charge in [0.05, 0.1) is 11.8 Å². The van der Waals surface area contributed by atoms with E-state index in [0.717, 1.165) is 25.7 Å². The van der Waals surface area contributed by atoms with Gasteiger partial charge in [-0.05, 0) is 95.8 Å². The number of hydrogen-bond donors (Lipinski definition) is 4. The fourth-order valence-electron chi connectivity index (χ4n) is 8.23. The summed E-state index contributed by atoms with van der Waals surface area (Å²) < 4.78 is 1.62. The summed E-state index contributed by atoms with van der Waals surface area (Å²) in [6, 6.07) is -0.363. The number of nitrogens with zero attached hydrogens (tertiary/aromatic N) is 3. The van der Waals surface area contributed by atoms with E-state index in [2.05, 4.69) is 10.3 Å². The minimum Gasteiger partial charge on any atom is -0.390 e. The largest absolute Gasteiger partial charge is 0.390 e. The van der Waals surface area contributed by atoms with E-state index in [1.165, 1.54) is 0 Å². The van der Waals surface area contributed by atoms with Crippen LogP contribution in [0.1, 0.15) is 84.1 Å². The van der Waals surface area contributed by atoms with Crippen molar-refractivity contribution in [3.63, 3.8) is 0 Å². The Balaban J connectivity index is 1.44. The third-order valence-corrected chi connectivity index (χ3v) is 10.0.